The van der Waals surface area contributed by atoms with Gasteiger partial charge in [-0.25, -0.2) is 9.97 Å². The van der Waals surface area contributed by atoms with Crippen molar-refractivity contribution in [3.05, 3.63) is 204 Å². The Hall–Kier alpha value is -7.03. The molecule has 5 nitrogen and oxygen atoms in total. The maximum atomic E-state index is 9.57. The van der Waals surface area contributed by atoms with Crippen molar-refractivity contribution in [2.24, 2.45) is 0 Å². The first-order valence-corrected chi connectivity index (χ1v) is 18.7. The molecule has 0 saturated heterocycles. The fraction of sp³-hybridized carbons (Fsp3) is 0.100. The molecule has 0 N–H and O–H groups in total. The Bertz CT molecular complexity index is 2620. The van der Waals surface area contributed by atoms with Gasteiger partial charge in [-0.1, -0.05) is 103 Å². The van der Waals surface area contributed by atoms with Crippen LogP contribution in [0.5, 0.6) is 0 Å². The molecule has 0 saturated carbocycles. The summed E-state index contributed by atoms with van der Waals surface area (Å²) in [5.74, 6) is 0.664. The number of fused-ring (bicyclic) bond motifs is 4. The Kier molecular flexibility index (Phi) is 10.1. The van der Waals surface area contributed by atoms with Gasteiger partial charge in [0.2, 0.25) is 0 Å². The number of nitrogens with zero attached hydrogens (tertiary/aromatic N) is 5. The Balaban J connectivity index is 1.21. The molecular weight excluding hydrogens is 671 g/mol. The predicted octanol–water partition coefficient (Wildman–Crippen LogP) is 12.1. The lowest BCUT2D eigenvalue weighted by molar-refractivity contribution is 0.958. The standard InChI is InChI=1S/C50H41N5/c1-3-4-17-37(34-51)18-14-21-40-33-46(38-19-7-5-8-20-38)53-50(52-40)39-29-31-41(32-30-39)54-35-45-44-24-11-12-26-48(44)55(42-22-9-6-10-23-42)49(45)28-15-25-43-36(2)16-13-27-47(43)54/h3,5-20,22-24,26-33H,1,4,21,25,35H2,2H3/b18-14-,28-15-,37-17?. The Labute approximate surface area is 323 Å². The summed E-state index contributed by atoms with van der Waals surface area (Å²) in [6.07, 6.45) is 14.2. The van der Waals surface area contributed by atoms with Crippen LogP contribution in [-0.2, 0) is 19.4 Å². The molecule has 0 aliphatic carbocycles. The number of hydrogen-bond donors (Lipinski definition) is 0. The Morgan fingerprint density at radius 3 is 2.35 bits per heavy atom. The highest BCUT2D eigenvalue weighted by Crippen LogP contribution is 2.39. The van der Waals surface area contributed by atoms with Gasteiger partial charge in [0.25, 0.3) is 0 Å². The maximum Gasteiger partial charge on any atom is 0.160 e. The van der Waals surface area contributed by atoms with E-state index >= 15 is 0 Å². The van der Waals surface area contributed by atoms with Gasteiger partial charge in [-0.2, -0.15) is 5.26 Å². The minimum absolute atomic E-state index is 0.567. The molecular formula is C50H41N5. The second-order valence-corrected chi connectivity index (χ2v) is 13.7. The largest absolute Gasteiger partial charge is 0.337 e. The van der Waals surface area contributed by atoms with Crippen LogP contribution in [-0.4, -0.2) is 14.5 Å². The van der Waals surface area contributed by atoms with Crippen molar-refractivity contribution in [2.75, 3.05) is 4.90 Å². The van der Waals surface area contributed by atoms with E-state index in [-0.39, 0.29) is 0 Å². The molecule has 3 heterocycles. The van der Waals surface area contributed by atoms with Crippen LogP contribution in [0, 0.1) is 18.3 Å². The number of aromatic nitrogens is 3. The molecule has 8 rings (SSSR count). The summed E-state index contributed by atoms with van der Waals surface area (Å²) < 4.78 is 2.40. The highest BCUT2D eigenvalue weighted by molar-refractivity contribution is 5.91. The molecule has 0 bridgehead atoms. The topological polar surface area (TPSA) is 57.7 Å². The lowest BCUT2D eigenvalue weighted by Gasteiger charge is -2.28. The van der Waals surface area contributed by atoms with Crippen molar-refractivity contribution < 1.29 is 0 Å². The number of hydrogen-bond acceptors (Lipinski definition) is 4. The normalized spacial score (nSPS) is 13.4. The summed E-state index contributed by atoms with van der Waals surface area (Å²) in [6.45, 7) is 6.66. The van der Waals surface area contributed by atoms with Crippen molar-refractivity contribution in [1.29, 1.82) is 5.26 Å². The van der Waals surface area contributed by atoms with Gasteiger partial charge in [0, 0.05) is 56.8 Å². The zero-order valence-corrected chi connectivity index (χ0v) is 30.9. The highest BCUT2D eigenvalue weighted by Gasteiger charge is 2.23. The minimum atomic E-state index is 0.567. The van der Waals surface area contributed by atoms with E-state index in [0.717, 1.165) is 40.3 Å². The van der Waals surface area contributed by atoms with Gasteiger partial charge < -0.3 is 9.47 Å². The number of benzene rings is 5. The molecule has 2 aromatic heterocycles. The van der Waals surface area contributed by atoms with Gasteiger partial charge in [0.05, 0.1) is 29.5 Å². The van der Waals surface area contributed by atoms with Gasteiger partial charge in [-0.3, -0.25) is 0 Å². The summed E-state index contributed by atoms with van der Waals surface area (Å²) in [4.78, 5) is 12.6. The van der Waals surface area contributed by atoms with Crippen molar-refractivity contribution in [3.8, 4) is 34.4 Å². The van der Waals surface area contributed by atoms with Gasteiger partial charge in [-0.15, -0.1) is 6.58 Å². The summed E-state index contributed by atoms with van der Waals surface area (Å²) >= 11 is 0. The SMILES string of the molecule is C=CCC=C(C#N)/C=C\Cc1cc(-c2ccccc2)nc(-c2ccc(N3Cc4c(n(-c5ccccc5)c5ccccc45)/C=C\Cc4c(C)cccc43)cc2)n1. The van der Waals surface area contributed by atoms with E-state index in [1.807, 2.05) is 42.5 Å². The van der Waals surface area contributed by atoms with Crippen LogP contribution in [0.4, 0.5) is 11.4 Å². The van der Waals surface area contributed by atoms with E-state index in [4.69, 9.17) is 9.97 Å². The van der Waals surface area contributed by atoms with Crippen molar-refractivity contribution in [2.45, 2.75) is 32.7 Å². The molecule has 7 aromatic rings. The molecule has 0 unspecified atom stereocenters. The third-order valence-corrected chi connectivity index (χ3v) is 10.2. The van der Waals surface area contributed by atoms with Crippen LogP contribution in [0.3, 0.4) is 0 Å². The molecule has 0 amide bonds. The van der Waals surface area contributed by atoms with Gasteiger partial charge in [0.15, 0.2) is 5.82 Å². The first kappa shape index (κ1) is 35.0. The monoisotopic (exact) mass is 711 g/mol. The quantitative estimate of drug-likeness (QED) is 0.0850. The molecule has 1 aliphatic rings. The van der Waals surface area contributed by atoms with E-state index in [0.29, 0.717) is 30.8 Å². The summed E-state index contributed by atoms with van der Waals surface area (Å²) in [7, 11) is 0. The Morgan fingerprint density at radius 1 is 0.800 bits per heavy atom. The van der Waals surface area contributed by atoms with Gasteiger partial charge in [-0.05, 0) is 97.6 Å². The second-order valence-electron chi connectivity index (χ2n) is 13.7. The lowest BCUT2D eigenvalue weighted by atomic mass is 10.0. The number of aryl methyl sites for hydroxylation is 1. The number of nitriles is 1. The van der Waals surface area contributed by atoms with Crippen LogP contribution in [0.25, 0.3) is 45.3 Å². The number of allylic oxidation sites excluding steroid dienone is 6. The average Bonchev–Trinajstić information content (AvgIpc) is 3.58. The third-order valence-electron chi connectivity index (χ3n) is 10.2. The van der Waals surface area contributed by atoms with Crippen LogP contribution in [0.2, 0.25) is 0 Å². The predicted molar refractivity (Wildman–Crippen MR) is 227 cm³/mol. The molecule has 1 aliphatic heterocycles. The highest BCUT2D eigenvalue weighted by atomic mass is 15.1. The summed E-state index contributed by atoms with van der Waals surface area (Å²) in [6, 6.07) is 49.2. The maximum absolute atomic E-state index is 9.57. The van der Waals surface area contributed by atoms with Crippen LogP contribution in [0.1, 0.15) is 34.5 Å². The molecule has 5 heteroatoms. The second kappa shape index (κ2) is 15.9. The van der Waals surface area contributed by atoms with Crippen molar-refractivity contribution >= 4 is 28.4 Å². The van der Waals surface area contributed by atoms with E-state index in [2.05, 4.69) is 150 Å². The molecule has 0 atom stereocenters. The van der Waals surface area contributed by atoms with E-state index in [1.165, 1.54) is 39.0 Å². The molecule has 0 radical (unpaired) electrons. The van der Waals surface area contributed by atoms with Crippen molar-refractivity contribution in [3.63, 3.8) is 0 Å². The Morgan fingerprint density at radius 2 is 1.56 bits per heavy atom. The summed E-state index contributed by atoms with van der Waals surface area (Å²) in [5, 5.41) is 10.8. The molecule has 5 aromatic carbocycles. The van der Waals surface area contributed by atoms with Gasteiger partial charge >= 0.3 is 0 Å². The molecule has 0 spiro atoms. The van der Waals surface area contributed by atoms with Crippen LogP contribution < -0.4 is 4.90 Å². The first-order chi connectivity index (χ1) is 27.1. The van der Waals surface area contributed by atoms with Crippen LogP contribution in [0.15, 0.2) is 176 Å². The zero-order chi connectivity index (χ0) is 37.6. The number of rotatable bonds is 9. The number of para-hydroxylation sites is 2. The first-order valence-electron chi connectivity index (χ1n) is 18.7. The van der Waals surface area contributed by atoms with Crippen molar-refractivity contribution in [1.82, 2.24) is 14.5 Å². The fourth-order valence-electron chi connectivity index (χ4n) is 7.44. The molecule has 0 fully saturated rings. The van der Waals surface area contributed by atoms with E-state index in [9.17, 15) is 5.26 Å². The summed E-state index contributed by atoms with van der Waals surface area (Å²) in [5.41, 5.74) is 14.0. The van der Waals surface area contributed by atoms with Gasteiger partial charge in [0.1, 0.15) is 0 Å². The van der Waals surface area contributed by atoms with Crippen LogP contribution >= 0.6 is 0 Å². The number of anilines is 2. The van der Waals surface area contributed by atoms with E-state index < -0.39 is 0 Å². The molecule has 55 heavy (non-hydrogen) atoms. The smallest absolute Gasteiger partial charge is 0.160 e. The van der Waals surface area contributed by atoms with E-state index in [1.54, 1.807) is 6.08 Å². The lowest BCUT2D eigenvalue weighted by Crippen LogP contribution is -2.18. The third kappa shape index (κ3) is 7.31. The fourth-order valence-corrected chi connectivity index (χ4v) is 7.44. The average molecular weight is 712 g/mol. The zero-order valence-electron chi connectivity index (χ0n) is 30.9. The molecule has 266 valence electrons. The minimum Gasteiger partial charge on any atom is -0.337 e.